The van der Waals surface area contributed by atoms with Crippen LogP contribution in [0.5, 0.6) is 5.75 Å². The Bertz CT molecular complexity index is 665. The maximum absolute atomic E-state index is 12.6. The van der Waals surface area contributed by atoms with Crippen LogP contribution in [0.15, 0.2) is 24.3 Å². The Morgan fingerprint density at radius 3 is 2.32 bits per heavy atom. The first kappa shape index (κ1) is 19.7. The van der Waals surface area contributed by atoms with E-state index in [4.69, 9.17) is 4.74 Å². The topological polar surface area (TPSA) is 75.7 Å². The number of hydrogen-bond acceptors (Lipinski definition) is 4. The summed E-state index contributed by atoms with van der Waals surface area (Å²) in [5.41, 5.74) is 1.04. The number of sulfonamides is 1. The molecule has 25 heavy (non-hydrogen) atoms. The zero-order chi connectivity index (χ0) is 18.4. The van der Waals surface area contributed by atoms with Crippen LogP contribution in [-0.2, 0) is 14.8 Å². The van der Waals surface area contributed by atoms with Crippen molar-refractivity contribution in [1.29, 1.82) is 0 Å². The van der Waals surface area contributed by atoms with E-state index in [-0.39, 0.29) is 23.6 Å². The van der Waals surface area contributed by atoms with Crippen LogP contribution in [0.1, 0.15) is 44.7 Å². The number of benzene rings is 1. The number of piperidine rings is 1. The molecule has 1 saturated heterocycles. The summed E-state index contributed by atoms with van der Waals surface area (Å²) in [5, 5.41) is 3.11. The molecule has 1 atom stereocenters. The average Bonchev–Trinajstić information content (AvgIpc) is 2.66. The molecule has 1 N–H and O–H groups in total. The van der Waals surface area contributed by atoms with Gasteiger partial charge in [0.25, 0.3) is 0 Å². The van der Waals surface area contributed by atoms with E-state index in [9.17, 15) is 13.2 Å². The molecule has 6 nitrogen and oxygen atoms in total. The van der Waals surface area contributed by atoms with Crippen molar-refractivity contribution >= 4 is 15.9 Å². The molecule has 1 aromatic rings. The lowest BCUT2D eigenvalue weighted by Gasteiger charge is -2.31. The van der Waals surface area contributed by atoms with Crippen LogP contribution >= 0.6 is 0 Å². The molecule has 1 fully saturated rings. The van der Waals surface area contributed by atoms with Gasteiger partial charge in [-0.15, -0.1) is 0 Å². The first-order valence-corrected chi connectivity index (χ1v) is 10.4. The molecule has 0 unspecified atom stereocenters. The highest BCUT2D eigenvalue weighted by atomic mass is 32.2. The van der Waals surface area contributed by atoms with E-state index >= 15 is 0 Å². The Morgan fingerprint density at radius 1 is 1.24 bits per heavy atom. The van der Waals surface area contributed by atoms with Crippen molar-refractivity contribution < 1.29 is 17.9 Å². The van der Waals surface area contributed by atoms with Gasteiger partial charge in [0, 0.05) is 19.0 Å². The number of nitrogens with zero attached hydrogens (tertiary/aromatic N) is 1. The van der Waals surface area contributed by atoms with Crippen molar-refractivity contribution in [2.75, 3.05) is 26.0 Å². The summed E-state index contributed by atoms with van der Waals surface area (Å²) >= 11 is 0. The van der Waals surface area contributed by atoms with Gasteiger partial charge in [0.05, 0.1) is 18.9 Å². The van der Waals surface area contributed by atoms with Crippen molar-refractivity contribution in [2.45, 2.75) is 39.2 Å². The van der Waals surface area contributed by atoms with Crippen LogP contribution in [0, 0.1) is 5.92 Å². The van der Waals surface area contributed by atoms with Gasteiger partial charge < -0.3 is 10.1 Å². The number of hydrogen-bond donors (Lipinski definition) is 1. The predicted molar refractivity (Wildman–Crippen MR) is 97.9 cm³/mol. The van der Waals surface area contributed by atoms with Gasteiger partial charge in [0.1, 0.15) is 5.75 Å². The number of nitrogens with one attached hydrogen (secondary N) is 1. The summed E-state index contributed by atoms with van der Waals surface area (Å²) in [4.78, 5) is 12.6. The molecule has 0 spiro atoms. The lowest BCUT2D eigenvalue weighted by Crippen LogP contribution is -2.44. The highest BCUT2D eigenvalue weighted by molar-refractivity contribution is 7.89. The van der Waals surface area contributed by atoms with Crippen LogP contribution in [0.4, 0.5) is 0 Å². The van der Waals surface area contributed by atoms with E-state index in [0.29, 0.717) is 25.9 Å². The molecule has 0 aliphatic carbocycles. The summed E-state index contributed by atoms with van der Waals surface area (Å²) in [6, 6.07) is 7.65. The normalized spacial score (nSPS) is 17.9. The van der Waals surface area contributed by atoms with Crippen molar-refractivity contribution in [1.82, 2.24) is 9.62 Å². The average molecular weight is 368 g/mol. The molecule has 140 valence electrons. The zero-order valence-corrected chi connectivity index (χ0v) is 16.0. The highest BCUT2D eigenvalue weighted by Crippen LogP contribution is 2.24. The Labute approximate surface area is 150 Å². The second-order valence-electron chi connectivity index (χ2n) is 6.32. The van der Waals surface area contributed by atoms with Gasteiger partial charge >= 0.3 is 0 Å². The standard InChI is InChI=1S/C18H28N2O4S/c1-4-17(14-6-8-16(24-3)9-7-14)19-18(21)15-10-12-20(13-11-15)25(22,23)5-2/h6-9,15,17H,4-5,10-13H2,1-3H3,(H,19,21)/t17-/m0/s1. The molecule has 0 radical (unpaired) electrons. The van der Waals surface area contributed by atoms with Gasteiger partial charge in [-0.05, 0) is 43.9 Å². The van der Waals surface area contributed by atoms with Crippen molar-refractivity contribution in [2.24, 2.45) is 5.92 Å². The minimum Gasteiger partial charge on any atom is -0.497 e. The van der Waals surface area contributed by atoms with E-state index in [1.54, 1.807) is 14.0 Å². The van der Waals surface area contributed by atoms with Gasteiger partial charge in [-0.2, -0.15) is 0 Å². The summed E-state index contributed by atoms with van der Waals surface area (Å²) in [5.74, 6) is 0.778. The fraction of sp³-hybridized carbons (Fsp3) is 0.611. The van der Waals surface area contributed by atoms with Crippen molar-refractivity contribution in [3.05, 3.63) is 29.8 Å². The number of ether oxygens (including phenoxy) is 1. The highest BCUT2D eigenvalue weighted by Gasteiger charge is 2.30. The lowest BCUT2D eigenvalue weighted by atomic mass is 9.95. The number of methoxy groups -OCH3 is 1. The maximum Gasteiger partial charge on any atom is 0.223 e. The van der Waals surface area contributed by atoms with Crippen molar-refractivity contribution in [3.63, 3.8) is 0 Å². The Hall–Kier alpha value is -1.60. The molecule has 1 amide bonds. The monoisotopic (exact) mass is 368 g/mol. The van der Waals surface area contributed by atoms with Crippen LogP contribution < -0.4 is 10.1 Å². The number of amides is 1. The molecule has 0 bridgehead atoms. The van der Waals surface area contributed by atoms with Crippen molar-refractivity contribution in [3.8, 4) is 5.75 Å². The summed E-state index contributed by atoms with van der Waals surface area (Å²) in [6.07, 6.45) is 1.94. The smallest absolute Gasteiger partial charge is 0.223 e. The summed E-state index contributed by atoms with van der Waals surface area (Å²) in [7, 11) is -1.53. The number of carbonyl (C=O) groups is 1. The molecular weight excluding hydrogens is 340 g/mol. The SMILES string of the molecule is CC[C@H](NC(=O)C1CCN(S(=O)(=O)CC)CC1)c1ccc(OC)cc1. The minimum absolute atomic E-state index is 0.0104. The van der Waals surface area contributed by atoms with Gasteiger partial charge in [-0.3, -0.25) is 4.79 Å². The van der Waals surface area contributed by atoms with E-state index in [1.807, 2.05) is 31.2 Å². The molecule has 2 rings (SSSR count). The third kappa shape index (κ3) is 4.95. The molecule has 7 heteroatoms. The third-order valence-corrected chi connectivity index (χ3v) is 6.71. The Morgan fingerprint density at radius 2 is 1.84 bits per heavy atom. The third-order valence-electron chi connectivity index (χ3n) is 4.83. The van der Waals surface area contributed by atoms with E-state index in [2.05, 4.69) is 5.32 Å². The number of carbonyl (C=O) groups excluding carboxylic acids is 1. The fourth-order valence-corrected chi connectivity index (χ4v) is 4.26. The molecule has 0 saturated carbocycles. The molecule has 1 aliphatic heterocycles. The summed E-state index contributed by atoms with van der Waals surface area (Å²) < 4.78 is 30.5. The fourth-order valence-electron chi connectivity index (χ4n) is 3.13. The quantitative estimate of drug-likeness (QED) is 0.801. The first-order chi connectivity index (χ1) is 11.9. The van der Waals surface area contributed by atoms with Gasteiger partial charge in [0.15, 0.2) is 0 Å². The van der Waals surface area contributed by atoms with Crippen LogP contribution in [0.25, 0.3) is 0 Å². The van der Waals surface area contributed by atoms with Crippen LogP contribution in [-0.4, -0.2) is 44.6 Å². The largest absolute Gasteiger partial charge is 0.497 e. The molecule has 0 aromatic heterocycles. The molecule has 1 heterocycles. The predicted octanol–water partition coefficient (Wildman–Crippen LogP) is 2.32. The second kappa shape index (κ2) is 8.67. The maximum atomic E-state index is 12.6. The Kier molecular flexibility index (Phi) is 6.84. The number of rotatable bonds is 7. The van der Waals surface area contributed by atoms with E-state index < -0.39 is 10.0 Å². The summed E-state index contributed by atoms with van der Waals surface area (Å²) in [6.45, 7) is 4.53. The van der Waals surface area contributed by atoms with Gasteiger partial charge in [-0.25, -0.2) is 12.7 Å². The Balaban J connectivity index is 1.94. The minimum atomic E-state index is -3.16. The molecular formula is C18H28N2O4S. The van der Waals surface area contributed by atoms with E-state index in [1.165, 1.54) is 4.31 Å². The lowest BCUT2D eigenvalue weighted by molar-refractivity contribution is -0.126. The molecule has 1 aliphatic rings. The van der Waals surface area contributed by atoms with E-state index in [0.717, 1.165) is 17.7 Å². The van der Waals surface area contributed by atoms with Gasteiger partial charge in [0.2, 0.25) is 15.9 Å². The van der Waals surface area contributed by atoms with Gasteiger partial charge in [-0.1, -0.05) is 19.1 Å². The second-order valence-corrected chi connectivity index (χ2v) is 8.57. The molecule has 1 aromatic carbocycles. The van der Waals surface area contributed by atoms with Crippen LogP contribution in [0.2, 0.25) is 0 Å². The zero-order valence-electron chi connectivity index (χ0n) is 15.2. The van der Waals surface area contributed by atoms with Crippen LogP contribution in [0.3, 0.4) is 0 Å². The first-order valence-electron chi connectivity index (χ1n) is 8.83.